The summed E-state index contributed by atoms with van der Waals surface area (Å²) in [5, 5.41) is 13.2. The second-order valence-corrected chi connectivity index (χ2v) is 4.50. The van der Waals surface area contributed by atoms with E-state index >= 15 is 0 Å². The predicted octanol–water partition coefficient (Wildman–Crippen LogP) is 0.450. The largest absolute Gasteiger partial charge is 0.464 e. The van der Waals surface area contributed by atoms with Gasteiger partial charge in [-0.3, -0.25) is 4.79 Å². The van der Waals surface area contributed by atoms with Crippen molar-refractivity contribution in [2.24, 2.45) is 5.11 Å². The van der Waals surface area contributed by atoms with Gasteiger partial charge in [0, 0.05) is 25.9 Å². The molecular weight excluding hydrogens is 300 g/mol. The molecule has 1 aromatic rings. The van der Waals surface area contributed by atoms with Gasteiger partial charge in [-0.05, 0) is 17.7 Å². The molecule has 2 rings (SSSR count). The number of carbonyl (C=O) groups excluding carboxylic acids is 1. The number of methoxy groups -OCH3 is 1. The third-order valence-corrected chi connectivity index (χ3v) is 3.11. The molecule has 0 saturated carbocycles. The van der Waals surface area contributed by atoms with Crippen LogP contribution in [0.1, 0.15) is 10.5 Å². The summed E-state index contributed by atoms with van der Waals surface area (Å²) < 4.78 is 5.71. The van der Waals surface area contributed by atoms with E-state index in [1.165, 1.54) is 25.4 Å². The standard InChI is InChI=1S/C14H16N6O3/c1-16-12(8-18-15)9-5-10(7-17-6-9)20-13(21)4-3-11(19-20)14(22)23-2/h3-5,7-8,15-17H,6H2,1-2H3/b12-8-,18-15?. The van der Waals surface area contributed by atoms with Crippen LogP contribution in [0, 0.1) is 5.53 Å². The summed E-state index contributed by atoms with van der Waals surface area (Å²) in [5.74, 6) is -0.629. The molecule has 0 saturated heterocycles. The quantitative estimate of drug-likeness (QED) is 0.535. The number of ether oxygens (including phenoxy) is 1. The Morgan fingerprint density at radius 1 is 1.57 bits per heavy atom. The number of allylic oxidation sites excluding steroid dienone is 2. The lowest BCUT2D eigenvalue weighted by molar-refractivity contribution is 0.0592. The van der Waals surface area contributed by atoms with E-state index in [0.717, 1.165) is 10.3 Å². The molecule has 23 heavy (non-hydrogen) atoms. The summed E-state index contributed by atoms with van der Waals surface area (Å²) in [6.07, 6.45) is 4.70. The number of dihydropyridines is 1. The van der Waals surface area contributed by atoms with Crippen molar-refractivity contribution >= 4 is 11.7 Å². The van der Waals surface area contributed by atoms with Gasteiger partial charge in [0.1, 0.15) is 0 Å². The van der Waals surface area contributed by atoms with Crippen molar-refractivity contribution in [3.63, 3.8) is 0 Å². The SMILES string of the molecule is CN/C(=C\N=N)C1=CC(n2nc(C(=O)OC)ccc2=O)=CNC1. The van der Waals surface area contributed by atoms with E-state index in [0.29, 0.717) is 17.9 Å². The first-order chi connectivity index (χ1) is 11.1. The Kier molecular flexibility index (Phi) is 5.03. The van der Waals surface area contributed by atoms with E-state index in [-0.39, 0.29) is 11.3 Å². The average molecular weight is 316 g/mol. The Labute approximate surface area is 131 Å². The van der Waals surface area contributed by atoms with E-state index in [9.17, 15) is 9.59 Å². The Morgan fingerprint density at radius 3 is 3.00 bits per heavy atom. The molecule has 0 aliphatic carbocycles. The second kappa shape index (κ2) is 7.16. The summed E-state index contributed by atoms with van der Waals surface area (Å²) in [6, 6.07) is 2.56. The third kappa shape index (κ3) is 3.51. The maximum atomic E-state index is 12.0. The molecule has 0 radical (unpaired) electrons. The van der Waals surface area contributed by atoms with Crippen LogP contribution in [0.3, 0.4) is 0 Å². The number of rotatable bonds is 5. The Hall–Kier alpha value is -3.23. The first-order valence-corrected chi connectivity index (χ1v) is 6.68. The van der Waals surface area contributed by atoms with Crippen LogP contribution in [0.5, 0.6) is 0 Å². The van der Waals surface area contributed by atoms with Crippen LogP contribution in [0.15, 0.2) is 51.8 Å². The van der Waals surface area contributed by atoms with Gasteiger partial charge < -0.3 is 15.4 Å². The predicted molar refractivity (Wildman–Crippen MR) is 82.5 cm³/mol. The molecule has 3 N–H and O–H groups in total. The van der Waals surface area contributed by atoms with E-state index in [2.05, 4.69) is 25.6 Å². The fraction of sp³-hybridized carbons (Fsp3) is 0.214. The van der Waals surface area contributed by atoms with Gasteiger partial charge in [0.25, 0.3) is 5.56 Å². The van der Waals surface area contributed by atoms with Crippen molar-refractivity contribution in [1.29, 1.82) is 5.53 Å². The summed E-state index contributed by atoms with van der Waals surface area (Å²) >= 11 is 0. The van der Waals surface area contributed by atoms with Crippen LogP contribution in [0.4, 0.5) is 0 Å². The van der Waals surface area contributed by atoms with Gasteiger partial charge >= 0.3 is 5.97 Å². The molecule has 0 spiro atoms. The van der Waals surface area contributed by atoms with E-state index in [1.54, 1.807) is 19.3 Å². The first kappa shape index (κ1) is 16.1. The Balaban J connectivity index is 2.46. The van der Waals surface area contributed by atoms with Gasteiger partial charge in [-0.25, -0.2) is 10.3 Å². The third-order valence-electron chi connectivity index (χ3n) is 3.11. The van der Waals surface area contributed by atoms with Crippen LogP contribution < -0.4 is 16.2 Å². The Morgan fingerprint density at radius 2 is 2.35 bits per heavy atom. The van der Waals surface area contributed by atoms with Gasteiger partial charge in [-0.1, -0.05) is 0 Å². The molecule has 1 aliphatic rings. The molecule has 0 aromatic carbocycles. The lowest BCUT2D eigenvalue weighted by atomic mass is 10.1. The Bertz CT molecular complexity index is 775. The topological polar surface area (TPSA) is 121 Å². The van der Waals surface area contributed by atoms with Gasteiger partial charge in [0.2, 0.25) is 0 Å². The van der Waals surface area contributed by atoms with E-state index < -0.39 is 5.97 Å². The van der Waals surface area contributed by atoms with Crippen LogP contribution in [0.25, 0.3) is 5.70 Å². The zero-order chi connectivity index (χ0) is 16.8. The summed E-state index contributed by atoms with van der Waals surface area (Å²) in [7, 11) is 2.95. The lowest BCUT2D eigenvalue weighted by Gasteiger charge is -2.18. The molecule has 1 aliphatic heterocycles. The number of hydrogen-bond acceptors (Lipinski definition) is 8. The van der Waals surface area contributed by atoms with Crippen molar-refractivity contribution in [2.75, 3.05) is 20.7 Å². The number of nitrogens with one attached hydrogen (secondary N) is 3. The number of carbonyl (C=O) groups is 1. The highest BCUT2D eigenvalue weighted by atomic mass is 16.5. The minimum absolute atomic E-state index is 0.0269. The summed E-state index contributed by atoms with van der Waals surface area (Å²) in [5.41, 5.74) is 8.45. The van der Waals surface area contributed by atoms with Crippen LogP contribution in [-0.4, -0.2) is 36.5 Å². The molecule has 0 atom stereocenters. The second-order valence-electron chi connectivity index (χ2n) is 4.50. The summed E-state index contributed by atoms with van der Waals surface area (Å²) in [4.78, 5) is 23.6. The highest BCUT2D eigenvalue weighted by Crippen LogP contribution is 2.15. The monoisotopic (exact) mass is 316 g/mol. The lowest BCUT2D eigenvalue weighted by Crippen LogP contribution is -2.28. The zero-order valence-electron chi connectivity index (χ0n) is 12.7. The fourth-order valence-electron chi connectivity index (χ4n) is 2.01. The van der Waals surface area contributed by atoms with Crippen molar-refractivity contribution in [1.82, 2.24) is 20.4 Å². The molecule has 120 valence electrons. The minimum Gasteiger partial charge on any atom is -0.464 e. The number of aromatic nitrogens is 2. The van der Waals surface area contributed by atoms with E-state index in [4.69, 9.17) is 5.53 Å². The maximum absolute atomic E-state index is 12.0. The molecule has 1 aromatic heterocycles. The van der Waals surface area contributed by atoms with Crippen LogP contribution in [-0.2, 0) is 4.74 Å². The van der Waals surface area contributed by atoms with Gasteiger partial charge in [-0.15, -0.1) is 0 Å². The molecule has 0 bridgehead atoms. The maximum Gasteiger partial charge on any atom is 0.358 e. The normalized spacial score (nSPS) is 14.3. The van der Waals surface area contributed by atoms with E-state index in [1.807, 2.05) is 0 Å². The highest BCUT2D eigenvalue weighted by molar-refractivity contribution is 5.86. The first-order valence-electron chi connectivity index (χ1n) is 6.68. The van der Waals surface area contributed by atoms with Crippen molar-refractivity contribution in [3.05, 3.63) is 57.9 Å². The zero-order valence-corrected chi connectivity index (χ0v) is 12.7. The number of nitrogens with zero attached hydrogens (tertiary/aromatic N) is 3. The molecule has 0 amide bonds. The fourth-order valence-corrected chi connectivity index (χ4v) is 2.01. The van der Waals surface area contributed by atoms with Crippen LogP contribution >= 0.6 is 0 Å². The summed E-state index contributed by atoms with van der Waals surface area (Å²) in [6.45, 7) is 0.497. The number of likely N-dealkylation sites (N-methyl/N-ethyl adjacent to an activating group) is 1. The minimum atomic E-state index is -0.629. The number of esters is 1. The molecule has 0 unspecified atom stereocenters. The van der Waals surface area contributed by atoms with Crippen molar-refractivity contribution < 1.29 is 9.53 Å². The van der Waals surface area contributed by atoms with Gasteiger partial charge in [-0.2, -0.15) is 14.9 Å². The molecule has 2 heterocycles. The van der Waals surface area contributed by atoms with Crippen molar-refractivity contribution in [2.45, 2.75) is 0 Å². The molecular formula is C14H16N6O3. The highest BCUT2D eigenvalue weighted by Gasteiger charge is 2.14. The van der Waals surface area contributed by atoms with Crippen LogP contribution in [0.2, 0.25) is 0 Å². The van der Waals surface area contributed by atoms with Gasteiger partial charge in [0.05, 0.1) is 24.7 Å². The number of hydrogen-bond donors (Lipinski definition) is 3. The van der Waals surface area contributed by atoms with Gasteiger partial charge in [0.15, 0.2) is 5.69 Å². The van der Waals surface area contributed by atoms with Crippen molar-refractivity contribution in [3.8, 4) is 0 Å². The molecule has 9 heteroatoms. The molecule has 9 nitrogen and oxygen atoms in total. The average Bonchev–Trinajstić information content (AvgIpc) is 2.59. The smallest absolute Gasteiger partial charge is 0.358 e. The molecule has 0 fully saturated rings.